The maximum Gasteiger partial charge on any atom is 0.407 e. The molecule has 4 rings (SSSR count). The van der Waals surface area contributed by atoms with Gasteiger partial charge >= 0.3 is 6.09 Å². The van der Waals surface area contributed by atoms with E-state index in [2.05, 4.69) is 8.77 Å². The molecule has 0 radical (unpaired) electrons. The van der Waals surface area contributed by atoms with E-state index >= 15 is 0 Å². The first-order valence-corrected chi connectivity index (χ1v) is 13.3. The molecule has 2 aromatic carbocycles. The second-order valence-electron chi connectivity index (χ2n) is 8.23. The van der Waals surface area contributed by atoms with E-state index in [1.54, 1.807) is 12.1 Å². The van der Waals surface area contributed by atoms with Crippen LogP contribution in [0, 0.1) is 17.6 Å². The van der Waals surface area contributed by atoms with E-state index in [0.717, 1.165) is 17.1 Å². The molecule has 1 aliphatic heterocycles. The molecule has 2 atom stereocenters. The fourth-order valence-electron chi connectivity index (χ4n) is 4.03. The SMILES string of the molecule is Cn1cns/c1=N/S(=O)(=O)c1cc(F)c(OCC2CN(C(=O)O)CCC2c2ccc(Cl)cc2)cc1F. The number of halogens is 3. The first-order chi connectivity index (χ1) is 17.0. The lowest BCUT2D eigenvalue weighted by atomic mass is 9.81. The van der Waals surface area contributed by atoms with Crippen molar-refractivity contribution in [2.45, 2.75) is 17.2 Å². The van der Waals surface area contributed by atoms with Gasteiger partial charge in [-0.15, -0.1) is 4.40 Å². The van der Waals surface area contributed by atoms with Crippen molar-refractivity contribution in [1.29, 1.82) is 0 Å². The van der Waals surface area contributed by atoms with Crippen molar-refractivity contribution >= 4 is 39.2 Å². The number of ether oxygens (including phenoxy) is 1. The molecular weight excluding hydrogens is 538 g/mol. The van der Waals surface area contributed by atoms with Crippen LogP contribution >= 0.6 is 23.1 Å². The number of amides is 1. The molecule has 2 unspecified atom stereocenters. The topological polar surface area (TPSA) is 114 Å². The van der Waals surface area contributed by atoms with E-state index < -0.39 is 38.4 Å². The Labute approximate surface area is 214 Å². The van der Waals surface area contributed by atoms with Crippen LogP contribution in [0.1, 0.15) is 17.9 Å². The minimum absolute atomic E-state index is 0.0105. The summed E-state index contributed by atoms with van der Waals surface area (Å²) in [5, 5.41) is 9.97. The highest BCUT2D eigenvalue weighted by atomic mass is 35.5. The highest BCUT2D eigenvalue weighted by Gasteiger charge is 2.33. The molecule has 1 amide bonds. The summed E-state index contributed by atoms with van der Waals surface area (Å²) in [6.45, 7) is 0.320. The van der Waals surface area contributed by atoms with E-state index in [1.165, 1.54) is 22.8 Å². The minimum atomic E-state index is -4.55. The van der Waals surface area contributed by atoms with Crippen molar-refractivity contribution in [1.82, 2.24) is 13.8 Å². The fraction of sp³-hybridized carbons (Fsp3) is 0.318. The Morgan fingerprint density at radius 1 is 1.28 bits per heavy atom. The first-order valence-electron chi connectivity index (χ1n) is 10.7. The third-order valence-corrected chi connectivity index (χ3v) is 8.27. The van der Waals surface area contributed by atoms with Gasteiger partial charge in [-0.05, 0) is 30.0 Å². The number of likely N-dealkylation sites (tertiary alicyclic amines) is 1. The summed E-state index contributed by atoms with van der Waals surface area (Å²) in [6.07, 6.45) is 0.757. The highest BCUT2D eigenvalue weighted by Crippen LogP contribution is 2.35. The summed E-state index contributed by atoms with van der Waals surface area (Å²) in [4.78, 5) is 11.8. The average molecular weight is 559 g/mol. The van der Waals surface area contributed by atoms with E-state index in [0.29, 0.717) is 30.1 Å². The van der Waals surface area contributed by atoms with Gasteiger partial charge in [0.2, 0.25) is 4.80 Å². The van der Waals surface area contributed by atoms with Crippen molar-refractivity contribution in [3.8, 4) is 5.75 Å². The van der Waals surface area contributed by atoms with Crippen molar-refractivity contribution in [3.63, 3.8) is 0 Å². The molecule has 192 valence electrons. The van der Waals surface area contributed by atoms with Gasteiger partial charge in [-0.2, -0.15) is 12.8 Å². The molecule has 0 bridgehead atoms. The molecule has 1 aromatic heterocycles. The van der Waals surface area contributed by atoms with Gasteiger partial charge in [-0.1, -0.05) is 23.7 Å². The third kappa shape index (κ3) is 5.68. The van der Waals surface area contributed by atoms with Crippen LogP contribution < -0.4 is 9.54 Å². The zero-order valence-electron chi connectivity index (χ0n) is 18.8. The Morgan fingerprint density at radius 3 is 2.64 bits per heavy atom. The van der Waals surface area contributed by atoms with Gasteiger partial charge in [0.15, 0.2) is 11.6 Å². The number of hydrogen-bond donors (Lipinski definition) is 1. The second kappa shape index (κ2) is 10.5. The summed E-state index contributed by atoms with van der Waals surface area (Å²) in [6, 6.07) is 8.30. The molecule has 0 aliphatic carbocycles. The lowest BCUT2D eigenvalue weighted by Crippen LogP contribution is -2.44. The number of carboxylic acid groups (broad SMARTS) is 1. The predicted octanol–water partition coefficient (Wildman–Crippen LogP) is 3.87. The second-order valence-corrected chi connectivity index (χ2v) is 11.0. The molecule has 14 heteroatoms. The number of benzene rings is 2. The van der Waals surface area contributed by atoms with Crippen molar-refractivity contribution in [2.24, 2.45) is 17.4 Å². The number of rotatable bonds is 6. The molecule has 0 saturated carbocycles. The van der Waals surface area contributed by atoms with Gasteiger partial charge in [0.1, 0.15) is 17.0 Å². The summed E-state index contributed by atoms with van der Waals surface area (Å²) < 4.78 is 68.9. The largest absolute Gasteiger partial charge is 0.490 e. The van der Waals surface area contributed by atoms with Crippen LogP contribution in [-0.2, 0) is 17.1 Å². The summed E-state index contributed by atoms with van der Waals surface area (Å²) >= 11 is 6.76. The van der Waals surface area contributed by atoms with Crippen LogP contribution in [0.15, 0.2) is 52.0 Å². The predicted molar refractivity (Wildman–Crippen MR) is 128 cm³/mol. The number of piperidine rings is 1. The number of aromatic nitrogens is 2. The molecule has 3 aromatic rings. The van der Waals surface area contributed by atoms with Gasteiger partial charge in [0.25, 0.3) is 10.0 Å². The first kappa shape index (κ1) is 26.0. The minimum Gasteiger partial charge on any atom is -0.490 e. The maximum atomic E-state index is 14.8. The zero-order chi connectivity index (χ0) is 26.0. The van der Waals surface area contributed by atoms with Gasteiger partial charge in [0.05, 0.1) is 6.61 Å². The molecule has 9 nitrogen and oxygen atoms in total. The maximum absolute atomic E-state index is 14.8. The van der Waals surface area contributed by atoms with Crippen molar-refractivity contribution in [2.75, 3.05) is 19.7 Å². The molecule has 2 heterocycles. The Hall–Kier alpha value is -3.03. The third-order valence-electron chi connectivity index (χ3n) is 5.87. The summed E-state index contributed by atoms with van der Waals surface area (Å²) in [5.74, 6) is -3.29. The van der Waals surface area contributed by atoms with E-state index in [1.807, 2.05) is 12.1 Å². The van der Waals surface area contributed by atoms with E-state index in [4.69, 9.17) is 16.3 Å². The monoisotopic (exact) mass is 558 g/mol. The smallest absolute Gasteiger partial charge is 0.407 e. The van der Waals surface area contributed by atoms with Crippen molar-refractivity contribution in [3.05, 3.63) is 69.7 Å². The number of nitrogens with zero attached hydrogens (tertiary/aromatic N) is 4. The van der Waals surface area contributed by atoms with Crippen LogP contribution in [0.2, 0.25) is 5.02 Å². The van der Waals surface area contributed by atoms with Gasteiger partial charge in [-0.3, -0.25) is 0 Å². The normalized spacial score (nSPS) is 18.9. The van der Waals surface area contributed by atoms with Gasteiger partial charge in [0, 0.05) is 54.7 Å². The number of sulfonamides is 1. The molecule has 1 saturated heterocycles. The fourth-order valence-corrected chi connectivity index (χ4v) is 6.03. The Kier molecular flexibility index (Phi) is 7.62. The van der Waals surface area contributed by atoms with Crippen LogP contribution in [-0.4, -0.2) is 53.2 Å². The lowest BCUT2D eigenvalue weighted by Gasteiger charge is -2.37. The average Bonchev–Trinajstić information content (AvgIpc) is 3.23. The number of carbonyl (C=O) groups is 1. The Morgan fingerprint density at radius 2 is 2.00 bits per heavy atom. The van der Waals surface area contributed by atoms with Crippen molar-refractivity contribution < 1.29 is 31.8 Å². The lowest BCUT2D eigenvalue weighted by molar-refractivity contribution is 0.0927. The zero-order valence-corrected chi connectivity index (χ0v) is 21.2. The van der Waals surface area contributed by atoms with E-state index in [-0.39, 0.29) is 29.8 Å². The van der Waals surface area contributed by atoms with Gasteiger partial charge in [-0.25, -0.2) is 13.6 Å². The van der Waals surface area contributed by atoms with Crippen LogP contribution in [0.5, 0.6) is 5.75 Å². The van der Waals surface area contributed by atoms with Crippen LogP contribution in [0.25, 0.3) is 0 Å². The standard InChI is InChI=1S/C22H21ClF2N4O5S2/c1-28-12-26-35-21(28)27-36(32,33)20-9-17(24)19(8-18(20)25)34-11-14-10-29(22(30)31)7-6-16(14)13-2-4-15(23)5-3-13/h2-5,8-9,12,14,16H,6-7,10-11H2,1H3,(H,30,31)/b27-21+. The molecule has 1 N–H and O–H groups in total. The number of aryl methyl sites for hydroxylation is 1. The quantitative estimate of drug-likeness (QED) is 0.491. The van der Waals surface area contributed by atoms with Crippen LogP contribution in [0.4, 0.5) is 13.6 Å². The molecular formula is C22H21ClF2N4O5S2. The summed E-state index contributed by atoms with van der Waals surface area (Å²) in [5.41, 5.74) is 0.920. The Balaban J connectivity index is 1.57. The molecule has 1 fully saturated rings. The number of hydrogen-bond acceptors (Lipinski definition) is 6. The van der Waals surface area contributed by atoms with Gasteiger partial charge < -0.3 is 19.3 Å². The van der Waals surface area contributed by atoms with Crippen LogP contribution in [0.3, 0.4) is 0 Å². The Bertz CT molecular complexity index is 1440. The summed E-state index contributed by atoms with van der Waals surface area (Å²) in [7, 11) is -3.04. The van der Waals surface area contributed by atoms with E-state index in [9.17, 15) is 27.1 Å². The molecule has 0 spiro atoms. The highest BCUT2D eigenvalue weighted by molar-refractivity contribution is 7.90. The molecule has 36 heavy (non-hydrogen) atoms. The molecule has 1 aliphatic rings.